The van der Waals surface area contributed by atoms with E-state index in [0.29, 0.717) is 4.90 Å². The summed E-state index contributed by atoms with van der Waals surface area (Å²) in [5.74, 6) is -2.56. The van der Waals surface area contributed by atoms with E-state index < -0.39 is 41.7 Å². The van der Waals surface area contributed by atoms with E-state index in [1.54, 1.807) is 0 Å². The molecule has 0 radical (unpaired) electrons. The first-order chi connectivity index (χ1) is 18.8. The third kappa shape index (κ3) is 6.88. The summed E-state index contributed by atoms with van der Waals surface area (Å²) in [5.41, 5.74) is 4.11. The van der Waals surface area contributed by atoms with Gasteiger partial charge in [0.1, 0.15) is 18.4 Å². The SMILES string of the molecule is C=C/C(=C\C=C(/OCCOC)C1C(C(=O)OC)=C(C)N(c2cccc(C(F)(F)F)c2)C(=N)N1C(N)=O)C(=O)OC. The first kappa shape index (κ1) is 31.6. The first-order valence-corrected chi connectivity index (χ1v) is 11.5. The van der Waals surface area contributed by atoms with Gasteiger partial charge in [-0.05, 0) is 37.3 Å². The Bertz CT molecular complexity index is 1270. The lowest BCUT2D eigenvalue weighted by molar-refractivity contribution is -0.138. The number of rotatable bonds is 10. The van der Waals surface area contributed by atoms with Gasteiger partial charge >= 0.3 is 24.1 Å². The fraction of sp³-hybridized carbons (Fsp3) is 0.308. The highest BCUT2D eigenvalue weighted by molar-refractivity contribution is 6.10. The molecule has 0 aromatic heterocycles. The molecule has 0 bridgehead atoms. The molecule has 0 fully saturated rings. The van der Waals surface area contributed by atoms with Gasteiger partial charge in [0, 0.05) is 18.5 Å². The zero-order valence-electron chi connectivity index (χ0n) is 22.2. The average Bonchev–Trinajstić information content (AvgIpc) is 2.91. The molecule has 2 amide bonds. The third-order valence-corrected chi connectivity index (χ3v) is 5.67. The van der Waals surface area contributed by atoms with Gasteiger partial charge in [0.25, 0.3) is 0 Å². The molecule has 1 aromatic carbocycles. The first-order valence-electron chi connectivity index (χ1n) is 11.5. The van der Waals surface area contributed by atoms with Crippen LogP contribution in [-0.4, -0.2) is 69.4 Å². The molecule has 1 unspecified atom stereocenters. The summed E-state index contributed by atoms with van der Waals surface area (Å²) in [6, 6.07) is 1.22. The van der Waals surface area contributed by atoms with E-state index in [-0.39, 0.29) is 41.5 Å². The Balaban J connectivity index is 2.89. The maximum absolute atomic E-state index is 13.4. The zero-order chi connectivity index (χ0) is 30.2. The van der Waals surface area contributed by atoms with Gasteiger partial charge in [0.15, 0.2) is 0 Å². The largest absolute Gasteiger partial charge is 0.493 e. The van der Waals surface area contributed by atoms with Crippen LogP contribution in [0.15, 0.2) is 71.7 Å². The van der Waals surface area contributed by atoms with Crippen molar-refractivity contribution >= 4 is 29.6 Å². The minimum absolute atomic E-state index is 0.0160. The van der Waals surface area contributed by atoms with Crippen LogP contribution in [0, 0.1) is 5.41 Å². The predicted octanol–water partition coefficient (Wildman–Crippen LogP) is 3.49. The van der Waals surface area contributed by atoms with Crippen LogP contribution in [0.1, 0.15) is 12.5 Å². The van der Waals surface area contributed by atoms with Crippen LogP contribution in [-0.2, 0) is 34.7 Å². The fourth-order valence-corrected chi connectivity index (χ4v) is 3.81. The lowest BCUT2D eigenvalue weighted by Crippen LogP contribution is -2.59. The number of benzene rings is 1. The molecular weight excluding hydrogens is 537 g/mol. The van der Waals surface area contributed by atoms with E-state index in [0.717, 1.165) is 37.3 Å². The summed E-state index contributed by atoms with van der Waals surface area (Å²) in [6.45, 7) is 4.87. The number of alkyl halides is 3. The van der Waals surface area contributed by atoms with Gasteiger partial charge in [-0.2, -0.15) is 13.2 Å². The number of methoxy groups -OCH3 is 3. The molecule has 1 aliphatic rings. The van der Waals surface area contributed by atoms with Crippen molar-refractivity contribution < 1.29 is 46.5 Å². The molecule has 14 heteroatoms. The molecule has 11 nitrogen and oxygen atoms in total. The van der Waals surface area contributed by atoms with Gasteiger partial charge in [0.2, 0.25) is 5.96 Å². The van der Waals surface area contributed by atoms with Crippen molar-refractivity contribution in [3.63, 3.8) is 0 Å². The monoisotopic (exact) mass is 566 g/mol. The molecule has 0 aliphatic carbocycles. The van der Waals surface area contributed by atoms with Gasteiger partial charge < -0.3 is 24.7 Å². The minimum Gasteiger partial charge on any atom is -0.493 e. The number of guanidine groups is 1. The Morgan fingerprint density at radius 3 is 2.33 bits per heavy atom. The number of urea groups is 1. The van der Waals surface area contributed by atoms with Gasteiger partial charge in [-0.15, -0.1) is 0 Å². The molecular formula is C26H29F3N4O7. The average molecular weight is 567 g/mol. The van der Waals surface area contributed by atoms with Crippen LogP contribution >= 0.6 is 0 Å². The van der Waals surface area contributed by atoms with Crippen LogP contribution in [0.3, 0.4) is 0 Å². The Labute approximate surface area is 228 Å². The number of carbonyl (C=O) groups is 3. The number of ether oxygens (including phenoxy) is 4. The molecule has 1 atom stereocenters. The lowest BCUT2D eigenvalue weighted by atomic mass is 9.96. The highest BCUT2D eigenvalue weighted by atomic mass is 19.4. The van der Waals surface area contributed by atoms with Crippen LogP contribution in [0.2, 0.25) is 0 Å². The standard InChI is InChI=1S/C26H29F3N4O7/c1-6-16(22(34)38-4)10-11-19(40-13-12-37-3)21-20(23(35)39-5)15(2)32(24(30)33(21)25(31)36)18-9-7-8-17(14-18)26(27,28)29/h6-11,14,21,30H,1,12-13H2,2-5H3,(H2,31,36)/b16-10+,19-11-,30-24?. The van der Waals surface area contributed by atoms with Crippen molar-refractivity contribution in [2.45, 2.75) is 19.1 Å². The van der Waals surface area contributed by atoms with Crippen LogP contribution in [0.4, 0.5) is 23.7 Å². The second-order valence-electron chi connectivity index (χ2n) is 8.04. The van der Waals surface area contributed by atoms with E-state index in [1.165, 1.54) is 38.3 Å². The van der Waals surface area contributed by atoms with Crippen molar-refractivity contribution in [3.8, 4) is 0 Å². The van der Waals surface area contributed by atoms with E-state index in [1.807, 2.05) is 0 Å². The number of amides is 2. The Hall–Kier alpha value is -4.59. The van der Waals surface area contributed by atoms with E-state index >= 15 is 0 Å². The molecule has 0 saturated heterocycles. The number of carbonyl (C=O) groups excluding carboxylic acids is 3. The number of anilines is 1. The fourth-order valence-electron chi connectivity index (χ4n) is 3.81. The third-order valence-electron chi connectivity index (χ3n) is 5.67. The van der Waals surface area contributed by atoms with E-state index in [2.05, 4.69) is 11.3 Å². The zero-order valence-corrected chi connectivity index (χ0v) is 22.2. The molecule has 0 spiro atoms. The van der Waals surface area contributed by atoms with Crippen molar-refractivity contribution in [2.24, 2.45) is 5.73 Å². The van der Waals surface area contributed by atoms with Gasteiger partial charge in [-0.1, -0.05) is 18.7 Å². The number of nitrogens with two attached hydrogens (primary N) is 1. The molecule has 2 rings (SSSR count). The number of primary amides is 1. The highest BCUT2D eigenvalue weighted by Gasteiger charge is 2.45. The predicted molar refractivity (Wildman–Crippen MR) is 138 cm³/mol. The van der Waals surface area contributed by atoms with Gasteiger partial charge in [-0.3, -0.25) is 10.3 Å². The molecule has 1 aromatic rings. The summed E-state index contributed by atoms with van der Waals surface area (Å²) in [7, 11) is 3.62. The minimum atomic E-state index is -4.71. The summed E-state index contributed by atoms with van der Waals surface area (Å²) in [5, 5.41) is 8.77. The molecule has 1 heterocycles. The van der Waals surface area contributed by atoms with Crippen molar-refractivity contribution in [1.29, 1.82) is 5.41 Å². The van der Waals surface area contributed by atoms with E-state index in [9.17, 15) is 27.6 Å². The van der Waals surface area contributed by atoms with Crippen molar-refractivity contribution in [2.75, 3.05) is 39.4 Å². The number of halogens is 3. The molecule has 216 valence electrons. The lowest BCUT2D eigenvalue weighted by Gasteiger charge is -2.43. The van der Waals surface area contributed by atoms with Gasteiger partial charge in [-0.25, -0.2) is 19.3 Å². The summed E-state index contributed by atoms with van der Waals surface area (Å²) in [6.07, 6.45) is -1.02. The molecule has 1 aliphatic heterocycles. The summed E-state index contributed by atoms with van der Waals surface area (Å²) >= 11 is 0. The van der Waals surface area contributed by atoms with Crippen LogP contribution in [0.25, 0.3) is 0 Å². The summed E-state index contributed by atoms with van der Waals surface area (Å²) < 4.78 is 60.7. The van der Waals surface area contributed by atoms with Crippen molar-refractivity contribution in [3.05, 3.63) is 77.2 Å². The van der Waals surface area contributed by atoms with Crippen LogP contribution < -0.4 is 10.6 Å². The Morgan fingerprint density at radius 2 is 1.80 bits per heavy atom. The smallest absolute Gasteiger partial charge is 0.416 e. The Kier molecular flexibility index (Phi) is 10.6. The number of nitrogens with one attached hydrogen (secondary N) is 1. The second-order valence-corrected chi connectivity index (χ2v) is 8.04. The number of esters is 2. The maximum Gasteiger partial charge on any atom is 0.416 e. The van der Waals surface area contributed by atoms with Crippen LogP contribution in [0.5, 0.6) is 0 Å². The second kappa shape index (κ2) is 13.5. The molecule has 3 N–H and O–H groups in total. The van der Waals surface area contributed by atoms with E-state index in [4.69, 9.17) is 25.4 Å². The topological polar surface area (TPSA) is 144 Å². The maximum atomic E-state index is 13.4. The number of hydrogen-bond donors (Lipinski definition) is 2. The molecule has 0 saturated carbocycles. The number of hydrogen-bond acceptors (Lipinski definition) is 8. The normalized spacial score (nSPS) is 16.6. The quantitative estimate of drug-likeness (QED) is 0.144. The van der Waals surface area contributed by atoms with Crippen molar-refractivity contribution in [1.82, 2.24) is 4.90 Å². The number of allylic oxidation sites excluding steroid dienone is 3. The molecule has 40 heavy (non-hydrogen) atoms. The summed E-state index contributed by atoms with van der Waals surface area (Å²) in [4.78, 5) is 39.5. The van der Waals surface area contributed by atoms with Gasteiger partial charge in [0.05, 0.1) is 37.5 Å². The number of nitrogens with zero attached hydrogens (tertiary/aromatic N) is 2. The Morgan fingerprint density at radius 1 is 1.12 bits per heavy atom. The highest BCUT2D eigenvalue weighted by Crippen LogP contribution is 2.37.